The second-order valence-corrected chi connectivity index (χ2v) is 4.63. The van der Waals surface area contributed by atoms with Crippen molar-refractivity contribution in [1.29, 1.82) is 0 Å². The molecule has 2 heterocycles. The molecule has 2 atom stereocenters. The third-order valence-corrected chi connectivity index (χ3v) is 3.51. The molecule has 0 aliphatic carbocycles. The highest BCUT2D eigenvalue weighted by Crippen LogP contribution is 2.21. The summed E-state index contributed by atoms with van der Waals surface area (Å²) in [5.41, 5.74) is 5.70. The van der Waals surface area contributed by atoms with Gasteiger partial charge in [-0.3, -0.25) is 19.3 Å². The molecule has 17 heavy (non-hydrogen) atoms. The Morgan fingerprint density at radius 2 is 1.88 bits per heavy atom. The van der Waals surface area contributed by atoms with Gasteiger partial charge in [0.15, 0.2) is 0 Å². The van der Waals surface area contributed by atoms with E-state index >= 15 is 0 Å². The number of rotatable bonds is 1. The van der Waals surface area contributed by atoms with Gasteiger partial charge in [-0.15, -0.1) is 0 Å². The van der Waals surface area contributed by atoms with E-state index in [1.807, 2.05) is 0 Å². The van der Waals surface area contributed by atoms with E-state index in [1.54, 1.807) is 4.90 Å². The Morgan fingerprint density at radius 1 is 1.18 bits per heavy atom. The molecule has 2 rings (SSSR count). The van der Waals surface area contributed by atoms with E-state index in [0.29, 0.717) is 25.8 Å². The van der Waals surface area contributed by atoms with Crippen LogP contribution in [0.2, 0.25) is 0 Å². The normalized spacial score (nSPS) is 31.1. The summed E-state index contributed by atoms with van der Waals surface area (Å²) < 4.78 is 0. The number of hydrogen-bond donors (Lipinski definition) is 1. The quantitative estimate of drug-likeness (QED) is 0.600. The van der Waals surface area contributed by atoms with E-state index in [1.165, 1.54) is 7.05 Å². The fourth-order valence-electron chi connectivity index (χ4n) is 2.42. The van der Waals surface area contributed by atoms with Gasteiger partial charge in [0, 0.05) is 20.0 Å². The lowest BCUT2D eigenvalue weighted by Crippen LogP contribution is -2.59. The first-order chi connectivity index (χ1) is 8.02. The standard InChI is InChI=1S/C11H17N3O3/c1-13-9(15)5-4-8(11(13)17)14-6-2-3-7(12)10(14)16/h7-8H,2-6,12H2,1H3. The number of nitrogens with zero attached hydrogens (tertiary/aromatic N) is 2. The summed E-state index contributed by atoms with van der Waals surface area (Å²) >= 11 is 0. The monoisotopic (exact) mass is 239 g/mol. The van der Waals surface area contributed by atoms with Gasteiger partial charge in [-0.05, 0) is 19.3 Å². The summed E-state index contributed by atoms with van der Waals surface area (Å²) in [5.74, 6) is -0.638. The molecular weight excluding hydrogens is 222 g/mol. The van der Waals surface area contributed by atoms with Gasteiger partial charge in [0.05, 0.1) is 6.04 Å². The molecule has 0 radical (unpaired) electrons. The second-order valence-electron chi connectivity index (χ2n) is 4.63. The van der Waals surface area contributed by atoms with Crippen LogP contribution in [0.25, 0.3) is 0 Å². The van der Waals surface area contributed by atoms with Crippen molar-refractivity contribution < 1.29 is 14.4 Å². The van der Waals surface area contributed by atoms with Gasteiger partial charge in [-0.2, -0.15) is 0 Å². The van der Waals surface area contributed by atoms with Gasteiger partial charge < -0.3 is 10.6 Å². The number of piperidine rings is 2. The number of imide groups is 1. The van der Waals surface area contributed by atoms with Gasteiger partial charge in [0.2, 0.25) is 11.8 Å². The van der Waals surface area contributed by atoms with Crippen molar-refractivity contribution in [3.8, 4) is 0 Å². The molecule has 2 fully saturated rings. The van der Waals surface area contributed by atoms with Crippen LogP contribution in [0.4, 0.5) is 0 Å². The first-order valence-electron chi connectivity index (χ1n) is 5.89. The average Bonchev–Trinajstić information content (AvgIpc) is 2.31. The van der Waals surface area contributed by atoms with Crippen LogP contribution in [0.3, 0.4) is 0 Å². The Balaban J connectivity index is 2.14. The Bertz CT molecular complexity index is 369. The highest BCUT2D eigenvalue weighted by Gasteiger charge is 2.40. The number of amides is 3. The summed E-state index contributed by atoms with van der Waals surface area (Å²) in [6, 6.07) is -1.00. The van der Waals surface area contributed by atoms with Crippen LogP contribution in [0.5, 0.6) is 0 Å². The fraction of sp³-hybridized carbons (Fsp3) is 0.727. The van der Waals surface area contributed by atoms with Crippen LogP contribution in [0, 0.1) is 0 Å². The lowest BCUT2D eigenvalue weighted by atomic mass is 9.98. The van der Waals surface area contributed by atoms with Crippen LogP contribution in [-0.4, -0.2) is 53.2 Å². The maximum Gasteiger partial charge on any atom is 0.251 e. The zero-order chi connectivity index (χ0) is 12.6. The van der Waals surface area contributed by atoms with E-state index < -0.39 is 12.1 Å². The molecule has 0 bridgehead atoms. The van der Waals surface area contributed by atoms with Crippen molar-refractivity contribution in [2.75, 3.05) is 13.6 Å². The summed E-state index contributed by atoms with van der Waals surface area (Å²) in [4.78, 5) is 37.9. The number of hydrogen-bond acceptors (Lipinski definition) is 4. The molecule has 2 aliphatic heterocycles. The van der Waals surface area contributed by atoms with E-state index in [2.05, 4.69) is 0 Å². The molecule has 0 aromatic carbocycles. The topological polar surface area (TPSA) is 83.7 Å². The van der Waals surface area contributed by atoms with Gasteiger partial charge in [0.1, 0.15) is 6.04 Å². The lowest BCUT2D eigenvalue weighted by Gasteiger charge is -2.39. The first kappa shape index (κ1) is 12.0. The van der Waals surface area contributed by atoms with Gasteiger partial charge >= 0.3 is 0 Å². The molecule has 94 valence electrons. The Labute approximate surface area is 99.7 Å². The Hall–Kier alpha value is -1.43. The first-order valence-corrected chi connectivity index (χ1v) is 5.89. The molecule has 6 nitrogen and oxygen atoms in total. The second kappa shape index (κ2) is 4.44. The zero-order valence-corrected chi connectivity index (χ0v) is 9.89. The van der Waals surface area contributed by atoms with Crippen LogP contribution in [0.1, 0.15) is 25.7 Å². The van der Waals surface area contributed by atoms with Crippen LogP contribution < -0.4 is 5.73 Å². The zero-order valence-electron chi connectivity index (χ0n) is 9.89. The lowest BCUT2D eigenvalue weighted by molar-refractivity contribution is -0.156. The minimum absolute atomic E-state index is 0.169. The number of nitrogens with two attached hydrogens (primary N) is 1. The minimum atomic E-state index is -0.503. The van der Waals surface area contributed by atoms with Gasteiger partial charge in [-0.25, -0.2) is 0 Å². The third kappa shape index (κ3) is 2.04. The SMILES string of the molecule is CN1C(=O)CCC(N2CCCC(N)C2=O)C1=O. The van der Waals surface area contributed by atoms with E-state index in [9.17, 15) is 14.4 Å². The van der Waals surface area contributed by atoms with Crippen molar-refractivity contribution in [3.63, 3.8) is 0 Å². The van der Waals surface area contributed by atoms with E-state index in [0.717, 1.165) is 11.3 Å². The van der Waals surface area contributed by atoms with Crippen molar-refractivity contribution in [2.24, 2.45) is 5.73 Å². The smallest absolute Gasteiger partial charge is 0.251 e. The molecule has 2 unspecified atom stereocenters. The van der Waals surface area contributed by atoms with Gasteiger partial charge in [0.25, 0.3) is 5.91 Å². The molecule has 2 saturated heterocycles. The predicted octanol–water partition coefficient (Wildman–Crippen LogP) is -0.916. The summed E-state index contributed by atoms with van der Waals surface area (Å²) in [5, 5.41) is 0. The van der Waals surface area contributed by atoms with Crippen LogP contribution in [-0.2, 0) is 14.4 Å². The van der Waals surface area contributed by atoms with Crippen molar-refractivity contribution in [1.82, 2.24) is 9.80 Å². The minimum Gasteiger partial charge on any atom is -0.329 e. The number of likely N-dealkylation sites (N-methyl/N-ethyl adjacent to an activating group) is 1. The molecule has 0 aromatic heterocycles. The largest absolute Gasteiger partial charge is 0.329 e. The number of likely N-dealkylation sites (tertiary alicyclic amines) is 2. The summed E-state index contributed by atoms with van der Waals surface area (Å²) in [6.45, 7) is 0.560. The molecule has 2 N–H and O–H groups in total. The molecule has 3 amide bonds. The number of carbonyl (C=O) groups excluding carboxylic acids is 3. The fourth-order valence-corrected chi connectivity index (χ4v) is 2.42. The predicted molar refractivity (Wildman–Crippen MR) is 59.7 cm³/mol. The summed E-state index contributed by atoms with van der Waals surface area (Å²) in [7, 11) is 1.46. The maximum absolute atomic E-state index is 12.0. The van der Waals surface area contributed by atoms with Crippen molar-refractivity contribution in [3.05, 3.63) is 0 Å². The van der Waals surface area contributed by atoms with Crippen molar-refractivity contribution in [2.45, 2.75) is 37.8 Å². The number of carbonyl (C=O) groups is 3. The highest BCUT2D eigenvalue weighted by atomic mass is 16.2. The molecular formula is C11H17N3O3. The molecule has 2 aliphatic rings. The van der Waals surface area contributed by atoms with Crippen LogP contribution in [0.15, 0.2) is 0 Å². The van der Waals surface area contributed by atoms with Crippen molar-refractivity contribution >= 4 is 17.7 Å². The molecule has 0 saturated carbocycles. The maximum atomic E-state index is 12.0. The van der Waals surface area contributed by atoms with Crippen LogP contribution >= 0.6 is 0 Å². The van der Waals surface area contributed by atoms with E-state index in [-0.39, 0.29) is 17.7 Å². The van der Waals surface area contributed by atoms with Gasteiger partial charge in [-0.1, -0.05) is 0 Å². The third-order valence-electron chi connectivity index (χ3n) is 3.51. The molecule has 6 heteroatoms. The highest BCUT2D eigenvalue weighted by molar-refractivity contribution is 6.01. The molecule has 0 spiro atoms. The Morgan fingerprint density at radius 3 is 2.59 bits per heavy atom. The Kier molecular flexibility index (Phi) is 3.15. The summed E-state index contributed by atoms with van der Waals surface area (Å²) in [6.07, 6.45) is 2.21. The van der Waals surface area contributed by atoms with E-state index in [4.69, 9.17) is 5.73 Å². The molecule has 0 aromatic rings. The average molecular weight is 239 g/mol.